The van der Waals surface area contributed by atoms with Crippen LogP contribution in [0.15, 0.2) is 35.2 Å². The molecule has 1 rings (SSSR count). The van der Waals surface area contributed by atoms with Crippen molar-refractivity contribution in [2.24, 2.45) is 11.8 Å². The van der Waals surface area contributed by atoms with Gasteiger partial charge in [0.1, 0.15) is 0 Å². The van der Waals surface area contributed by atoms with E-state index < -0.39 is 9.84 Å². The van der Waals surface area contributed by atoms with Crippen LogP contribution < -0.4 is 0 Å². The highest BCUT2D eigenvalue weighted by molar-refractivity contribution is 7.91. The number of amides is 1. The van der Waals surface area contributed by atoms with Crippen molar-refractivity contribution in [1.82, 2.24) is 4.90 Å². The molecule has 4 nitrogen and oxygen atoms in total. The summed E-state index contributed by atoms with van der Waals surface area (Å²) >= 11 is 0. The normalized spacial score (nSPS) is 11.9. The molecule has 0 bridgehead atoms. The van der Waals surface area contributed by atoms with Gasteiger partial charge in [-0.05, 0) is 24.0 Å². The molecule has 0 saturated heterocycles. The van der Waals surface area contributed by atoms with Crippen molar-refractivity contribution in [3.8, 4) is 0 Å². The van der Waals surface area contributed by atoms with Crippen LogP contribution in [0.3, 0.4) is 0 Å². The molecule has 22 heavy (non-hydrogen) atoms. The molecule has 0 fully saturated rings. The Kier molecular flexibility index (Phi) is 7.07. The predicted molar refractivity (Wildman–Crippen MR) is 89.4 cm³/mol. The highest BCUT2D eigenvalue weighted by Gasteiger charge is 2.20. The third kappa shape index (κ3) is 6.18. The zero-order valence-corrected chi connectivity index (χ0v) is 14.8. The summed E-state index contributed by atoms with van der Waals surface area (Å²) in [5.41, 5.74) is 0. The summed E-state index contributed by atoms with van der Waals surface area (Å²) in [5.74, 6) is 0.520. The molecule has 124 valence electrons. The van der Waals surface area contributed by atoms with Gasteiger partial charge in [-0.15, -0.1) is 0 Å². The standard InChI is InChI=1S/C17H27NO3S/c1-14(2)12-18(13-15(3)4)17(19)10-11-22(20,21)16-8-6-5-7-9-16/h5-9,14-15H,10-13H2,1-4H3. The minimum absolute atomic E-state index is 0.0384. The lowest BCUT2D eigenvalue weighted by molar-refractivity contribution is -0.131. The van der Waals surface area contributed by atoms with E-state index in [1.165, 1.54) is 0 Å². The minimum Gasteiger partial charge on any atom is -0.342 e. The third-order valence-corrected chi connectivity index (χ3v) is 4.94. The number of hydrogen-bond acceptors (Lipinski definition) is 3. The summed E-state index contributed by atoms with van der Waals surface area (Å²) < 4.78 is 24.5. The number of carbonyl (C=O) groups is 1. The molecule has 1 aromatic rings. The van der Waals surface area contributed by atoms with Gasteiger partial charge in [0.15, 0.2) is 9.84 Å². The second kappa shape index (κ2) is 8.32. The van der Waals surface area contributed by atoms with Crippen molar-refractivity contribution in [2.45, 2.75) is 39.0 Å². The van der Waals surface area contributed by atoms with Gasteiger partial charge < -0.3 is 4.90 Å². The van der Waals surface area contributed by atoms with Crippen molar-refractivity contribution in [1.29, 1.82) is 0 Å². The fourth-order valence-corrected chi connectivity index (χ4v) is 3.54. The van der Waals surface area contributed by atoms with E-state index in [4.69, 9.17) is 0 Å². The molecule has 0 aliphatic rings. The van der Waals surface area contributed by atoms with Gasteiger partial charge in [0.25, 0.3) is 0 Å². The van der Waals surface area contributed by atoms with Crippen molar-refractivity contribution >= 4 is 15.7 Å². The largest absolute Gasteiger partial charge is 0.342 e. The lowest BCUT2D eigenvalue weighted by atomic mass is 10.1. The van der Waals surface area contributed by atoms with Crippen molar-refractivity contribution in [2.75, 3.05) is 18.8 Å². The van der Waals surface area contributed by atoms with Crippen molar-refractivity contribution in [3.05, 3.63) is 30.3 Å². The lowest BCUT2D eigenvalue weighted by Gasteiger charge is -2.26. The zero-order chi connectivity index (χ0) is 16.8. The number of nitrogens with zero attached hydrogens (tertiary/aromatic N) is 1. The average Bonchev–Trinajstić information content (AvgIpc) is 2.44. The van der Waals surface area contributed by atoms with Gasteiger partial charge in [0.05, 0.1) is 10.6 Å². The SMILES string of the molecule is CC(C)CN(CC(C)C)C(=O)CCS(=O)(=O)c1ccccc1. The molecule has 0 spiro atoms. The first-order valence-corrected chi connectivity index (χ1v) is 9.43. The monoisotopic (exact) mass is 325 g/mol. The zero-order valence-electron chi connectivity index (χ0n) is 14.0. The van der Waals surface area contributed by atoms with Crippen LogP contribution in [0.2, 0.25) is 0 Å². The van der Waals surface area contributed by atoms with Crippen LogP contribution in [0.25, 0.3) is 0 Å². The van der Waals surface area contributed by atoms with Gasteiger partial charge in [0.2, 0.25) is 5.91 Å². The molecule has 0 unspecified atom stereocenters. The van der Waals surface area contributed by atoms with E-state index in [9.17, 15) is 13.2 Å². The van der Waals surface area contributed by atoms with Gasteiger partial charge in [-0.2, -0.15) is 0 Å². The Bertz CT molecular complexity index is 555. The van der Waals surface area contributed by atoms with Crippen LogP contribution in [-0.2, 0) is 14.6 Å². The topological polar surface area (TPSA) is 54.5 Å². The van der Waals surface area contributed by atoms with Gasteiger partial charge in [-0.1, -0.05) is 45.9 Å². The van der Waals surface area contributed by atoms with Crippen LogP contribution in [0.4, 0.5) is 0 Å². The summed E-state index contributed by atoms with van der Waals surface area (Å²) in [4.78, 5) is 14.4. The van der Waals surface area contributed by atoms with E-state index >= 15 is 0 Å². The molecule has 0 N–H and O–H groups in total. The van der Waals surface area contributed by atoms with Crippen molar-refractivity contribution < 1.29 is 13.2 Å². The Hall–Kier alpha value is -1.36. The minimum atomic E-state index is -3.39. The summed E-state index contributed by atoms with van der Waals surface area (Å²) in [6.07, 6.45) is 0.0384. The molecule has 0 saturated carbocycles. The van der Waals surface area contributed by atoms with Gasteiger partial charge in [-0.3, -0.25) is 4.79 Å². The number of carbonyl (C=O) groups excluding carboxylic acids is 1. The van der Waals surface area contributed by atoms with E-state index in [0.29, 0.717) is 24.9 Å². The van der Waals surface area contributed by atoms with E-state index in [-0.39, 0.29) is 23.0 Å². The highest BCUT2D eigenvalue weighted by atomic mass is 32.2. The Morgan fingerprint density at radius 3 is 1.95 bits per heavy atom. The smallest absolute Gasteiger partial charge is 0.223 e. The number of benzene rings is 1. The van der Waals surface area contributed by atoms with E-state index in [0.717, 1.165) is 0 Å². The maximum absolute atomic E-state index is 12.4. The van der Waals surface area contributed by atoms with E-state index in [1.54, 1.807) is 35.2 Å². The second-order valence-corrected chi connectivity index (χ2v) is 8.58. The molecular weight excluding hydrogens is 298 g/mol. The lowest BCUT2D eigenvalue weighted by Crippen LogP contribution is -2.37. The van der Waals surface area contributed by atoms with Crippen LogP contribution in [0.1, 0.15) is 34.1 Å². The molecule has 1 amide bonds. The van der Waals surface area contributed by atoms with Crippen molar-refractivity contribution in [3.63, 3.8) is 0 Å². The molecular formula is C17H27NO3S. The first kappa shape index (κ1) is 18.7. The molecule has 0 aromatic heterocycles. The highest BCUT2D eigenvalue weighted by Crippen LogP contribution is 2.13. The molecule has 0 heterocycles. The number of hydrogen-bond donors (Lipinski definition) is 0. The molecule has 5 heteroatoms. The maximum atomic E-state index is 12.4. The molecule has 1 aromatic carbocycles. The Labute approximate surface area is 134 Å². The van der Waals surface area contributed by atoms with Crippen LogP contribution in [-0.4, -0.2) is 38.1 Å². The van der Waals surface area contributed by atoms with Crippen LogP contribution in [0.5, 0.6) is 0 Å². The van der Waals surface area contributed by atoms with Crippen LogP contribution >= 0.6 is 0 Å². The Morgan fingerprint density at radius 1 is 1.00 bits per heavy atom. The van der Waals surface area contributed by atoms with Gasteiger partial charge in [-0.25, -0.2) is 8.42 Å². The number of rotatable bonds is 8. The first-order valence-electron chi connectivity index (χ1n) is 7.78. The Balaban J connectivity index is 2.70. The predicted octanol–water partition coefficient (Wildman–Crippen LogP) is 2.99. The fraction of sp³-hybridized carbons (Fsp3) is 0.588. The average molecular weight is 325 g/mol. The second-order valence-electron chi connectivity index (χ2n) is 6.47. The van der Waals surface area contributed by atoms with Gasteiger partial charge in [0, 0.05) is 19.5 Å². The molecule has 0 atom stereocenters. The van der Waals surface area contributed by atoms with E-state index in [1.807, 2.05) is 0 Å². The Morgan fingerprint density at radius 2 is 1.50 bits per heavy atom. The first-order chi connectivity index (χ1) is 10.2. The molecule has 0 aliphatic carbocycles. The summed E-state index contributed by atoms with van der Waals surface area (Å²) in [6.45, 7) is 9.57. The van der Waals surface area contributed by atoms with Crippen LogP contribution in [0, 0.1) is 11.8 Å². The number of sulfone groups is 1. The maximum Gasteiger partial charge on any atom is 0.223 e. The molecule has 0 aliphatic heterocycles. The third-order valence-electron chi connectivity index (χ3n) is 3.21. The summed E-state index contributed by atoms with van der Waals surface area (Å²) in [6, 6.07) is 8.30. The summed E-state index contributed by atoms with van der Waals surface area (Å²) in [7, 11) is -3.39. The van der Waals surface area contributed by atoms with E-state index in [2.05, 4.69) is 27.7 Å². The fourth-order valence-electron chi connectivity index (χ4n) is 2.29. The summed E-state index contributed by atoms with van der Waals surface area (Å²) in [5, 5.41) is 0. The molecule has 0 radical (unpaired) electrons. The quantitative estimate of drug-likeness (QED) is 0.738. The van der Waals surface area contributed by atoms with Gasteiger partial charge >= 0.3 is 0 Å².